The number of fused-ring (bicyclic) bond motifs is 1. The summed E-state index contributed by atoms with van der Waals surface area (Å²) in [6, 6.07) is 13.8. The predicted molar refractivity (Wildman–Crippen MR) is 136 cm³/mol. The van der Waals surface area contributed by atoms with Gasteiger partial charge in [-0.1, -0.05) is 32.9 Å². The highest BCUT2D eigenvalue weighted by Gasteiger charge is 2.25. The topological polar surface area (TPSA) is 178 Å². The van der Waals surface area contributed by atoms with Gasteiger partial charge in [0.1, 0.15) is 17.3 Å². The summed E-state index contributed by atoms with van der Waals surface area (Å²) in [6.07, 6.45) is 0.269. The average Bonchev–Trinajstić information content (AvgIpc) is 3.14. The molecule has 0 unspecified atom stereocenters. The van der Waals surface area contributed by atoms with Crippen LogP contribution in [0.25, 0.3) is 5.65 Å². The van der Waals surface area contributed by atoms with E-state index < -0.39 is 11.5 Å². The fourth-order valence-electron chi connectivity index (χ4n) is 3.56. The molecular formula is C25H28N6O5. The molecule has 0 saturated carbocycles. The highest BCUT2D eigenvalue weighted by Crippen LogP contribution is 2.34. The summed E-state index contributed by atoms with van der Waals surface area (Å²) in [4.78, 5) is 26.0. The van der Waals surface area contributed by atoms with E-state index in [0.717, 1.165) is 5.56 Å². The molecule has 2 aromatic carbocycles. The highest BCUT2D eigenvalue weighted by molar-refractivity contribution is 6.06. The molecule has 188 valence electrons. The van der Waals surface area contributed by atoms with Gasteiger partial charge in [-0.2, -0.15) is 0 Å². The van der Waals surface area contributed by atoms with Crippen LogP contribution in [0.3, 0.4) is 0 Å². The monoisotopic (exact) mass is 492 g/mol. The minimum atomic E-state index is -1.33. The molecule has 0 aliphatic carbocycles. The minimum absolute atomic E-state index is 0.0977. The van der Waals surface area contributed by atoms with Crippen molar-refractivity contribution in [3.63, 3.8) is 0 Å². The number of hydrogen-bond acceptors (Lipinski definition) is 7. The summed E-state index contributed by atoms with van der Waals surface area (Å²) in [6.45, 7) is 7.76. The summed E-state index contributed by atoms with van der Waals surface area (Å²) in [5.74, 6) is 1.04. The third kappa shape index (κ3) is 6.20. The van der Waals surface area contributed by atoms with Crippen molar-refractivity contribution in [2.75, 3.05) is 11.1 Å². The van der Waals surface area contributed by atoms with Crippen molar-refractivity contribution < 1.29 is 24.5 Å². The van der Waals surface area contributed by atoms with Gasteiger partial charge in [-0.15, -0.1) is 5.10 Å². The first-order valence-corrected chi connectivity index (χ1v) is 10.9. The maximum Gasteiger partial charge on any atom is 0.402 e. The van der Waals surface area contributed by atoms with Crippen LogP contribution in [-0.4, -0.2) is 36.8 Å². The molecule has 2 heterocycles. The number of ether oxygens (including phenoxy) is 1. The normalized spacial score (nSPS) is 10.9. The third-order valence-electron chi connectivity index (χ3n) is 5.03. The molecular weight excluding hydrogens is 464 g/mol. The van der Waals surface area contributed by atoms with Gasteiger partial charge in [-0.05, 0) is 42.2 Å². The van der Waals surface area contributed by atoms with Gasteiger partial charge in [0.15, 0.2) is 5.65 Å². The van der Waals surface area contributed by atoms with Crippen LogP contribution in [0.15, 0.2) is 54.7 Å². The van der Waals surface area contributed by atoms with Gasteiger partial charge in [0.2, 0.25) is 5.88 Å². The predicted octanol–water partition coefficient (Wildman–Crippen LogP) is 4.29. The molecule has 7 N–H and O–H groups in total. The van der Waals surface area contributed by atoms with Gasteiger partial charge in [-0.25, -0.2) is 14.3 Å². The van der Waals surface area contributed by atoms with Crippen LogP contribution in [-0.2, 0) is 5.41 Å². The first-order valence-electron chi connectivity index (χ1n) is 10.9. The third-order valence-corrected chi connectivity index (χ3v) is 5.03. The summed E-state index contributed by atoms with van der Waals surface area (Å²) < 4.78 is 7.42. The largest absolute Gasteiger partial charge is 0.508 e. The van der Waals surface area contributed by atoms with E-state index >= 15 is 0 Å². The van der Waals surface area contributed by atoms with Gasteiger partial charge in [-0.3, -0.25) is 4.79 Å². The number of phenols is 1. The van der Waals surface area contributed by atoms with E-state index in [-0.39, 0.29) is 11.7 Å². The number of nitrogens with one attached hydrogen (secondary N) is 1. The number of carbonyl (C=O) groups is 2. The van der Waals surface area contributed by atoms with Crippen molar-refractivity contribution in [1.82, 2.24) is 14.6 Å². The van der Waals surface area contributed by atoms with Crippen LogP contribution in [0.1, 0.15) is 42.3 Å². The van der Waals surface area contributed by atoms with Crippen molar-refractivity contribution in [3.8, 4) is 17.4 Å². The number of carboxylic acid groups (broad SMARTS) is 1. The molecule has 0 bridgehead atoms. The standard InChI is InChI=1S/C24H25N5O3.CH3NO2/c1-14-8-9-15(32-21-11-10-20-27-19(25)13-29(20)28-21)12-17(14)26-23(31)16-6-5-7-18(30)22(16)24(2,3)4;2-1(3)4/h5-13,30H,25H2,1-4H3,(H,26,31);2H2,(H,3,4). The van der Waals surface area contributed by atoms with Crippen molar-refractivity contribution >= 4 is 29.2 Å². The number of amides is 2. The van der Waals surface area contributed by atoms with Gasteiger partial charge in [0, 0.05) is 28.9 Å². The molecule has 2 amide bonds. The Morgan fingerprint density at radius 2 is 1.81 bits per heavy atom. The van der Waals surface area contributed by atoms with Crippen LogP contribution in [0.5, 0.6) is 17.4 Å². The smallest absolute Gasteiger partial charge is 0.402 e. The van der Waals surface area contributed by atoms with Crippen molar-refractivity contribution in [2.24, 2.45) is 5.73 Å². The van der Waals surface area contributed by atoms with Gasteiger partial charge in [0.25, 0.3) is 5.91 Å². The molecule has 0 saturated heterocycles. The fraction of sp³-hybridized carbons (Fsp3) is 0.200. The average molecular weight is 493 g/mol. The lowest BCUT2D eigenvalue weighted by Gasteiger charge is -2.23. The Bertz CT molecular complexity index is 1420. The van der Waals surface area contributed by atoms with E-state index in [1.165, 1.54) is 4.52 Å². The van der Waals surface area contributed by atoms with E-state index in [1.807, 2.05) is 33.8 Å². The molecule has 0 spiro atoms. The van der Waals surface area contributed by atoms with Crippen LogP contribution in [0.4, 0.5) is 16.3 Å². The SMILES string of the molecule is Cc1ccc(Oc2ccc3nc(N)cn3n2)cc1NC(=O)c1cccc(O)c1C(C)(C)C.NC(=O)O. The Labute approximate surface area is 207 Å². The van der Waals surface area contributed by atoms with Crippen LogP contribution >= 0.6 is 0 Å². The zero-order valence-electron chi connectivity index (χ0n) is 20.3. The number of aromatic nitrogens is 3. The number of nitrogens with zero attached hydrogens (tertiary/aromatic N) is 3. The Balaban J connectivity index is 0.000000840. The number of benzene rings is 2. The van der Waals surface area contributed by atoms with E-state index in [9.17, 15) is 9.90 Å². The summed E-state index contributed by atoms with van der Waals surface area (Å²) in [7, 11) is 0. The molecule has 4 aromatic rings. The summed E-state index contributed by atoms with van der Waals surface area (Å²) in [5.41, 5.74) is 12.4. The molecule has 36 heavy (non-hydrogen) atoms. The molecule has 2 aromatic heterocycles. The second kappa shape index (κ2) is 10.2. The molecule has 11 nitrogen and oxygen atoms in total. The number of nitrogen functional groups attached to an aromatic ring is 1. The number of rotatable bonds is 4. The maximum atomic E-state index is 13.1. The second-order valence-corrected chi connectivity index (χ2v) is 8.96. The van der Waals surface area contributed by atoms with Gasteiger partial charge < -0.3 is 31.7 Å². The summed E-state index contributed by atoms with van der Waals surface area (Å²) >= 11 is 0. The Kier molecular flexibility index (Phi) is 7.33. The molecule has 4 rings (SSSR count). The molecule has 11 heteroatoms. The highest BCUT2D eigenvalue weighted by atomic mass is 16.5. The second-order valence-electron chi connectivity index (χ2n) is 8.96. The van der Waals surface area contributed by atoms with E-state index in [1.54, 1.807) is 48.7 Å². The minimum Gasteiger partial charge on any atom is -0.508 e. The number of hydrogen-bond donors (Lipinski definition) is 5. The zero-order chi connectivity index (χ0) is 26.6. The van der Waals surface area contributed by atoms with Gasteiger partial charge >= 0.3 is 6.09 Å². The number of primary amides is 1. The van der Waals surface area contributed by atoms with Gasteiger partial charge in [0.05, 0.1) is 6.20 Å². The van der Waals surface area contributed by atoms with Crippen molar-refractivity contribution in [3.05, 3.63) is 71.4 Å². The molecule has 0 aliphatic heterocycles. The van der Waals surface area contributed by atoms with Crippen molar-refractivity contribution in [2.45, 2.75) is 33.1 Å². The Morgan fingerprint density at radius 3 is 2.47 bits per heavy atom. The Hall–Kier alpha value is -4.80. The van der Waals surface area contributed by atoms with E-state index in [0.29, 0.717) is 39.9 Å². The number of nitrogens with two attached hydrogens (primary N) is 2. The zero-order valence-corrected chi connectivity index (χ0v) is 20.3. The lowest BCUT2D eigenvalue weighted by molar-refractivity contribution is 0.102. The summed E-state index contributed by atoms with van der Waals surface area (Å²) in [5, 5.41) is 24.8. The molecule has 0 aliphatic rings. The molecule has 0 atom stereocenters. The number of anilines is 2. The first kappa shape index (κ1) is 25.8. The van der Waals surface area contributed by atoms with E-state index in [4.69, 9.17) is 20.4 Å². The fourth-order valence-corrected chi connectivity index (χ4v) is 3.56. The van der Waals surface area contributed by atoms with Crippen LogP contribution in [0, 0.1) is 6.92 Å². The lowest BCUT2D eigenvalue weighted by atomic mass is 9.82. The number of phenolic OH excluding ortho intramolecular Hbond substituents is 1. The molecule has 0 radical (unpaired) electrons. The maximum absolute atomic E-state index is 13.1. The number of carbonyl (C=O) groups excluding carboxylic acids is 1. The Morgan fingerprint density at radius 1 is 1.11 bits per heavy atom. The first-order chi connectivity index (χ1) is 16.8. The number of aryl methyl sites for hydroxylation is 1. The number of aromatic hydroxyl groups is 1. The lowest BCUT2D eigenvalue weighted by Crippen LogP contribution is -2.21. The quantitative estimate of drug-likeness (QED) is 0.280. The van der Waals surface area contributed by atoms with Crippen molar-refractivity contribution in [1.29, 1.82) is 0 Å². The number of imidazole rings is 1. The molecule has 0 fully saturated rings. The van der Waals surface area contributed by atoms with Crippen LogP contribution < -0.4 is 21.5 Å². The van der Waals surface area contributed by atoms with E-state index in [2.05, 4.69) is 21.1 Å². The van der Waals surface area contributed by atoms with Crippen LogP contribution in [0.2, 0.25) is 0 Å².